The first-order valence-corrected chi connectivity index (χ1v) is 22.7. The fourth-order valence-electron chi connectivity index (χ4n) is 5.22. The summed E-state index contributed by atoms with van der Waals surface area (Å²) in [4.78, 5) is 67.1. The Kier molecular flexibility index (Phi) is 20.3. The number of amides is 2. The van der Waals surface area contributed by atoms with Crippen molar-refractivity contribution in [3.05, 3.63) is 62.2 Å². The molecule has 0 aliphatic carbocycles. The number of carboxylic acids is 2. The number of rotatable bonds is 9. The summed E-state index contributed by atoms with van der Waals surface area (Å²) in [5.74, 6) is -5.53. The van der Waals surface area contributed by atoms with E-state index in [9.17, 15) is 59.7 Å². The number of nitrogens with two attached hydrogens (primary N) is 1. The number of halogens is 7. The first kappa shape index (κ1) is 59.6. The van der Waals surface area contributed by atoms with E-state index in [0.717, 1.165) is 11.3 Å². The number of carbonyl (C=O) groups is 5. The van der Waals surface area contributed by atoms with Crippen molar-refractivity contribution in [2.24, 2.45) is 16.6 Å². The molecule has 29 heteroatoms. The van der Waals surface area contributed by atoms with Crippen LogP contribution in [-0.4, -0.2) is 122 Å². The summed E-state index contributed by atoms with van der Waals surface area (Å²) in [6.45, 7) is 17.7. The maximum atomic E-state index is 12.4. The summed E-state index contributed by atoms with van der Waals surface area (Å²) in [5, 5.41) is 35.7. The molecule has 5 rings (SSSR count). The number of aromatic nitrogens is 2. The number of urea groups is 1. The van der Waals surface area contributed by atoms with E-state index in [4.69, 9.17) is 46.6 Å². The first-order chi connectivity index (χ1) is 31.9. The lowest BCUT2D eigenvalue weighted by Crippen LogP contribution is -2.61. The Morgan fingerprint density at radius 1 is 0.786 bits per heavy atom. The van der Waals surface area contributed by atoms with Gasteiger partial charge in [-0.3, -0.25) is 0 Å². The standard InChI is InChI=1S/C21H24ClN5O5S2.C16H22N4O2.2C2HF3O2/c1-12-15(19(28)32-11-21(2,3)4)7-13(8-23)18(24-12)27-9-14(10-27)25-20(29)26-34(30,31)17-6-5-16(22)33-17;1-10-13(15(21)22-9-16(2,3)4)5-11(6-17)14(19-10)20-7-12(18)8-20;2*3-2(4,5)1(6)7/h5-7,14H,9-11H2,1-4H3,(H2,25,26,29);5,12H,7-9,18H2,1-4H3;2*(H,6,7). The lowest BCUT2D eigenvalue weighted by molar-refractivity contribution is -0.193. The number of sulfonamides is 1. The van der Waals surface area contributed by atoms with E-state index in [1.165, 1.54) is 18.2 Å². The van der Waals surface area contributed by atoms with Gasteiger partial charge in [0, 0.05) is 32.2 Å². The average Bonchev–Trinajstić information content (AvgIpc) is 3.65. The third kappa shape index (κ3) is 18.8. The van der Waals surface area contributed by atoms with Crippen molar-refractivity contribution in [3.63, 3.8) is 0 Å². The number of esters is 2. The molecule has 0 spiro atoms. The Morgan fingerprint density at radius 3 is 1.46 bits per heavy atom. The highest BCUT2D eigenvalue weighted by Crippen LogP contribution is 2.29. The van der Waals surface area contributed by atoms with Gasteiger partial charge in [-0.2, -0.15) is 36.9 Å². The van der Waals surface area contributed by atoms with E-state index in [-0.39, 0.29) is 44.9 Å². The molecule has 20 nitrogen and oxygen atoms in total. The van der Waals surface area contributed by atoms with Crippen LogP contribution in [0.25, 0.3) is 0 Å². The first-order valence-electron chi connectivity index (χ1n) is 20.0. The number of aryl methyl sites for hydroxylation is 2. The zero-order valence-corrected chi connectivity index (χ0v) is 40.9. The summed E-state index contributed by atoms with van der Waals surface area (Å²) >= 11 is 6.60. The zero-order chi connectivity index (χ0) is 53.9. The smallest absolute Gasteiger partial charge is 0.475 e. The molecule has 2 amide bonds. The van der Waals surface area contributed by atoms with Gasteiger partial charge in [0.1, 0.15) is 28.0 Å². The number of hydrogen-bond donors (Lipinski definition) is 5. The van der Waals surface area contributed by atoms with Crippen LogP contribution in [0.5, 0.6) is 0 Å². The quantitative estimate of drug-likeness (QED) is 0.122. The number of ether oxygens (including phenoxy) is 2. The highest BCUT2D eigenvalue weighted by molar-refractivity contribution is 7.92. The molecule has 0 unspecified atom stereocenters. The molecule has 2 saturated heterocycles. The van der Waals surface area contributed by atoms with Crippen LogP contribution in [0.1, 0.15) is 84.8 Å². The second kappa shape index (κ2) is 23.9. The number of carboxylic acid groups (broad SMARTS) is 2. The number of carbonyl (C=O) groups excluding carboxylic acids is 3. The number of pyridine rings is 2. The van der Waals surface area contributed by atoms with Crippen LogP contribution in [0.15, 0.2) is 28.5 Å². The van der Waals surface area contributed by atoms with E-state index in [0.29, 0.717) is 71.3 Å². The summed E-state index contributed by atoms with van der Waals surface area (Å²) in [6, 6.07) is 8.80. The predicted octanol–water partition coefficient (Wildman–Crippen LogP) is 5.93. The monoisotopic (exact) mass is 1060 g/mol. The molecule has 6 N–H and O–H groups in total. The second-order valence-electron chi connectivity index (χ2n) is 17.5. The number of thiophene rings is 1. The van der Waals surface area contributed by atoms with Gasteiger partial charge in [-0.1, -0.05) is 53.1 Å². The minimum Gasteiger partial charge on any atom is -0.475 e. The number of anilines is 2. The molecule has 3 aromatic heterocycles. The average molecular weight is 1060 g/mol. The maximum absolute atomic E-state index is 12.4. The number of nitriles is 2. The summed E-state index contributed by atoms with van der Waals surface area (Å²) in [6.07, 6.45) is -10.2. The van der Waals surface area contributed by atoms with Crippen LogP contribution in [0.4, 0.5) is 42.8 Å². The van der Waals surface area contributed by atoms with Crippen LogP contribution in [-0.2, 0) is 29.1 Å². The molecule has 3 aromatic rings. The van der Waals surface area contributed by atoms with Crippen molar-refractivity contribution in [1.82, 2.24) is 20.0 Å². The van der Waals surface area contributed by atoms with Crippen molar-refractivity contribution in [3.8, 4) is 12.1 Å². The van der Waals surface area contributed by atoms with Gasteiger partial charge in [0.05, 0.1) is 57.2 Å². The molecule has 5 heterocycles. The van der Waals surface area contributed by atoms with Gasteiger partial charge in [-0.25, -0.2) is 47.1 Å². The van der Waals surface area contributed by atoms with Crippen LogP contribution >= 0.6 is 22.9 Å². The van der Waals surface area contributed by atoms with Gasteiger partial charge in [0.2, 0.25) is 0 Å². The van der Waals surface area contributed by atoms with Gasteiger partial charge in [0.15, 0.2) is 0 Å². The predicted molar refractivity (Wildman–Crippen MR) is 239 cm³/mol. The largest absolute Gasteiger partial charge is 0.490 e. The SMILES string of the molecule is Cc1nc(N2CC(N)C2)c(C#N)cc1C(=O)OCC(C)(C)C.Cc1nc(N2CC(NC(=O)NS(=O)(=O)c3ccc(Cl)s3)C2)c(C#N)cc1C(=O)OCC(C)(C)C.O=C(O)C(F)(F)F.O=C(O)C(F)(F)F. The lowest BCUT2D eigenvalue weighted by Gasteiger charge is -2.40. The number of nitrogens with zero attached hydrogens (tertiary/aromatic N) is 6. The van der Waals surface area contributed by atoms with Crippen LogP contribution in [0.3, 0.4) is 0 Å². The molecule has 2 aliphatic rings. The normalized spacial score (nSPS) is 13.9. The van der Waals surface area contributed by atoms with Crippen molar-refractivity contribution in [1.29, 1.82) is 10.5 Å². The van der Waals surface area contributed by atoms with E-state index < -0.39 is 52.3 Å². The third-order valence-electron chi connectivity index (χ3n) is 8.59. The molecule has 0 aromatic carbocycles. The highest BCUT2D eigenvalue weighted by Gasteiger charge is 2.39. The minimum atomic E-state index is -5.08. The minimum absolute atomic E-state index is 0.0673. The Balaban J connectivity index is 0.000000395. The summed E-state index contributed by atoms with van der Waals surface area (Å²) < 4.78 is 101. The van der Waals surface area contributed by atoms with E-state index in [1.54, 1.807) is 24.8 Å². The number of nitrogens with one attached hydrogen (secondary N) is 2. The summed E-state index contributed by atoms with van der Waals surface area (Å²) in [7, 11) is -4.02. The Morgan fingerprint density at radius 2 is 1.16 bits per heavy atom. The molecule has 2 fully saturated rings. The van der Waals surface area contributed by atoms with Gasteiger partial charge < -0.3 is 40.5 Å². The fraction of sp³-hybridized carbons (Fsp3) is 0.488. The molecule has 0 radical (unpaired) electrons. The Labute approximate surface area is 406 Å². The summed E-state index contributed by atoms with van der Waals surface area (Å²) in [5.41, 5.74) is 7.58. The van der Waals surface area contributed by atoms with Gasteiger partial charge in [-0.05, 0) is 48.9 Å². The van der Waals surface area contributed by atoms with Gasteiger partial charge >= 0.3 is 42.3 Å². The lowest BCUT2D eigenvalue weighted by atomic mass is 9.98. The molecule has 0 atom stereocenters. The van der Waals surface area contributed by atoms with Crippen molar-refractivity contribution >= 4 is 74.5 Å². The topological polar surface area (TPSA) is 308 Å². The van der Waals surface area contributed by atoms with E-state index in [1.807, 2.05) is 57.2 Å². The highest BCUT2D eigenvalue weighted by atomic mass is 35.5. The fourth-order valence-corrected chi connectivity index (χ4v) is 7.62. The number of alkyl halides is 6. The number of hydrogen-bond acceptors (Lipinski definition) is 17. The Bertz CT molecular complexity index is 2590. The second-order valence-corrected chi connectivity index (χ2v) is 21.1. The molecule has 384 valence electrons. The van der Waals surface area contributed by atoms with Crippen molar-refractivity contribution in [2.45, 2.75) is 84.0 Å². The van der Waals surface area contributed by atoms with Crippen molar-refractivity contribution < 1.29 is 78.4 Å². The van der Waals surface area contributed by atoms with E-state index in [2.05, 4.69) is 21.4 Å². The van der Waals surface area contributed by atoms with Crippen LogP contribution in [0, 0.1) is 47.3 Å². The van der Waals surface area contributed by atoms with Gasteiger partial charge in [-0.15, -0.1) is 11.3 Å². The molecular weight excluding hydrogens is 1010 g/mol. The molecule has 0 saturated carbocycles. The third-order valence-corrected chi connectivity index (χ3v) is 11.6. The molecule has 70 heavy (non-hydrogen) atoms. The maximum Gasteiger partial charge on any atom is 0.490 e. The van der Waals surface area contributed by atoms with Gasteiger partial charge in [0.25, 0.3) is 10.0 Å². The number of aliphatic carboxylic acids is 2. The molecule has 0 bridgehead atoms. The molecule has 2 aliphatic heterocycles. The van der Waals surface area contributed by atoms with Crippen LogP contribution < -0.4 is 25.6 Å². The van der Waals surface area contributed by atoms with E-state index >= 15 is 0 Å². The van der Waals surface area contributed by atoms with Crippen molar-refractivity contribution in [2.75, 3.05) is 49.2 Å². The Hall–Kier alpha value is -6.49. The molecular formula is C41H48ClF6N9O11S2. The zero-order valence-electron chi connectivity index (χ0n) is 38.5. The van der Waals surface area contributed by atoms with Crippen LogP contribution in [0.2, 0.25) is 4.34 Å².